The SMILES string of the molecule is Cc1cccc(CO[C@H]2CSC3(C2)CN(C(=O)C2(F)CCC2)C3)n1. The van der Waals surface area contributed by atoms with Crippen molar-refractivity contribution in [3.8, 4) is 0 Å². The van der Waals surface area contributed by atoms with E-state index < -0.39 is 5.67 Å². The van der Waals surface area contributed by atoms with Crippen molar-refractivity contribution >= 4 is 17.7 Å². The standard InChI is InChI=1S/C18H23FN2O2S/c1-13-4-2-5-14(20-13)9-23-15-8-17(24-10-15)11-21(12-17)16(22)18(19)6-3-7-18/h2,4-5,15H,3,6-12H2,1H3/t15-/m1/s1. The average Bonchev–Trinajstić information content (AvgIpc) is 2.93. The van der Waals surface area contributed by atoms with E-state index in [1.54, 1.807) is 4.90 Å². The molecule has 0 unspecified atom stereocenters. The normalized spacial score (nSPS) is 26.9. The molecule has 0 radical (unpaired) electrons. The highest BCUT2D eigenvalue weighted by molar-refractivity contribution is 8.01. The number of carbonyl (C=O) groups is 1. The van der Waals surface area contributed by atoms with Crippen LogP contribution >= 0.6 is 11.8 Å². The van der Waals surface area contributed by atoms with Crippen molar-refractivity contribution in [1.82, 2.24) is 9.88 Å². The molecule has 1 spiro atoms. The molecule has 3 aliphatic rings. The van der Waals surface area contributed by atoms with E-state index in [1.165, 1.54) is 0 Å². The van der Waals surface area contributed by atoms with Crippen molar-refractivity contribution in [3.63, 3.8) is 0 Å². The maximum Gasteiger partial charge on any atom is 0.260 e. The van der Waals surface area contributed by atoms with E-state index in [-0.39, 0.29) is 16.8 Å². The maximum absolute atomic E-state index is 14.2. The second kappa shape index (κ2) is 5.99. The second-order valence-electron chi connectivity index (χ2n) is 7.38. The number of hydrogen-bond donors (Lipinski definition) is 0. The van der Waals surface area contributed by atoms with Gasteiger partial charge in [0.25, 0.3) is 5.91 Å². The van der Waals surface area contributed by atoms with Gasteiger partial charge in [-0.1, -0.05) is 6.07 Å². The van der Waals surface area contributed by atoms with E-state index >= 15 is 0 Å². The van der Waals surface area contributed by atoms with Crippen molar-refractivity contribution in [2.24, 2.45) is 0 Å². The van der Waals surface area contributed by atoms with Gasteiger partial charge in [0.05, 0.1) is 23.2 Å². The highest BCUT2D eigenvalue weighted by atomic mass is 32.2. The van der Waals surface area contributed by atoms with Crippen LogP contribution in [0.5, 0.6) is 0 Å². The molecule has 1 saturated carbocycles. The van der Waals surface area contributed by atoms with Crippen LogP contribution in [0.4, 0.5) is 4.39 Å². The highest BCUT2D eigenvalue weighted by Gasteiger charge is 2.56. The predicted molar refractivity (Wildman–Crippen MR) is 91.6 cm³/mol. The summed E-state index contributed by atoms with van der Waals surface area (Å²) in [6.45, 7) is 3.85. The Morgan fingerprint density at radius 1 is 1.46 bits per heavy atom. The van der Waals surface area contributed by atoms with Gasteiger partial charge in [-0.15, -0.1) is 11.8 Å². The molecule has 3 fully saturated rings. The van der Waals surface area contributed by atoms with Gasteiger partial charge < -0.3 is 9.64 Å². The number of carbonyl (C=O) groups excluding carboxylic acids is 1. The summed E-state index contributed by atoms with van der Waals surface area (Å²) >= 11 is 1.87. The molecule has 0 N–H and O–H groups in total. The van der Waals surface area contributed by atoms with Crippen LogP contribution in [0.15, 0.2) is 18.2 Å². The minimum Gasteiger partial charge on any atom is -0.371 e. The van der Waals surface area contributed by atoms with Gasteiger partial charge in [0.2, 0.25) is 0 Å². The zero-order valence-electron chi connectivity index (χ0n) is 14.0. The van der Waals surface area contributed by atoms with Crippen LogP contribution in [0, 0.1) is 6.92 Å². The fourth-order valence-electron chi connectivity index (χ4n) is 3.79. The third-order valence-corrected chi connectivity index (χ3v) is 6.94. The van der Waals surface area contributed by atoms with Crippen molar-refractivity contribution in [3.05, 3.63) is 29.6 Å². The lowest BCUT2D eigenvalue weighted by atomic mass is 9.79. The van der Waals surface area contributed by atoms with Gasteiger partial charge in [-0.25, -0.2) is 4.39 Å². The summed E-state index contributed by atoms with van der Waals surface area (Å²) in [5, 5.41) is 0. The molecule has 130 valence electrons. The summed E-state index contributed by atoms with van der Waals surface area (Å²) < 4.78 is 20.3. The van der Waals surface area contributed by atoms with E-state index in [0.29, 0.717) is 32.5 Å². The predicted octanol–water partition coefficient (Wildman–Crippen LogP) is 2.89. The summed E-state index contributed by atoms with van der Waals surface area (Å²) in [6, 6.07) is 5.95. The van der Waals surface area contributed by atoms with Crippen LogP contribution in [0.3, 0.4) is 0 Å². The Balaban J connectivity index is 1.26. The number of amides is 1. The zero-order valence-corrected chi connectivity index (χ0v) is 14.8. The van der Waals surface area contributed by atoms with Crippen molar-refractivity contribution in [2.45, 2.75) is 55.7 Å². The molecule has 1 amide bonds. The molecule has 2 aliphatic heterocycles. The fourth-order valence-corrected chi connectivity index (χ4v) is 5.34. The van der Waals surface area contributed by atoms with E-state index in [9.17, 15) is 9.18 Å². The number of halogens is 1. The third kappa shape index (κ3) is 2.94. The van der Waals surface area contributed by atoms with Gasteiger partial charge >= 0.3 is 0 Å². The van der Waals surface area contributed by atoms with Crippen LogP contribution in [-0.2, 0) is 16.1 Å². The first-order valence-corrected chi connectivity index (χ1v) is 9.63. The van der Waals surface area contributed by atoms with E-state index in [4.69, 9.17) is 4.74 Å². The summed E-state index contributed by atoms with van der Waals surface area (Å²) in [6.07, 6.45) is 2.76. The number of ether oxygens (including phenoxy) is 1. The molecule has 24 heavy (non-hydrogen) atoms. The van der Waals surface area contributed by atoms with Crippen LogP contribution in [0.25, 0.3) is 0 Å². The van der Waals surface area contributed by atoms with Crippen LogP contribution < -0.4 is 0 Å². The third-order valence-electron chi connectivity index (χ3n) is 5.36. The number of pyridine rings is 1. The summed E-state index contributed by atoms with van der Waals surface area (Å²) in [5.41, 5.74) is 0.394. The quantitative estimate of drug-likeness (QED) is 0.837. The lowest BCUT2D eigenvalue weighted by Crippen LogP contribution is -2.65. The molecule has 0 bridgehead atoms. The first-order valence-electron chi connectivity index (χ1n) is 8.65. The number of alkyl halides is 1. The summed E-state index contributed by atoms with van der Waals surface area (Å²) in [7, 11) is 0. The van der Waals surface area contributed by atoms with Crippen molar-refractivity contribution in [2.75, 3.05) is 18.8 Å². The molecule has 1 aromatic heterocycles. The molecular weight excluding hydrogens is 327 g/mol. The minimum absolute atomic E-state index is 0.0838. The molecule has 4 nitrogen and oxygen atoms in total. The molecule has 3 heterocycles. The second-order valence-corrected chi connectivity index (χ2v) is 8.87. The maximum atomic E-state index is 14.2. The van der Waals surface area contributed by atoms with Crippen molar-refractivity contribution < 1.29 is 13.9 Å². The minimum atomic E-state index is -1.56. The fraction of sp³-hybridized carbons (Fsp3) is 0.667. The van der Waals surface area contributed by atoms with Gasteiger partial charge in [-0.3, -0.25) is 9.78 Å². The molecule has 1 atom stereocenters. The molecular formula is C18H23FN2O2S. The monoisotopic (exact) mass is 350 g/mol. The molecule has 6 heteroatoms. The van der Waals surface area contributed by atoms with Crippen LogP contribution in [0.2, 0.25) is 0 Å². The Morgan fingerprint density at radius 2 is 2.25 bits per heavy atom. The average molecular weight is 350 g/mol. The zero-order chi connectivity index (χ0) is 16.8. The smallest absolute Gasteiger partial charge is 0.260 e. The largest absolute Gasteiger partial charge is 0.371 e. The number of aromatic nitrogens is 1. The van der Waals surface area contributed by atoms with Gasteiger partial charge in [0.15, 0.2) is 5.67 Å². The molecule has 1 aliphatic carbocycles. The lowest BCUT2D eigenvalue weighted by molar-refractivity contribution is -0.155. The topological polar surface area (TPSA) is 42.4 Å². The number of likely N-dealkylation sites (tertiary alicyclic amines) is 1. The van der Waals surface area contributed by atoms with Gasteiger partial charge in [0, 0.05) is 24.5 Å². The Bertz CT molecular complexity index is 644. The van der Waals surface area contributed by atoms with Crippen molar-refractivity contribution in [1.29, 1.82) is 0 Å². The van der Waals surface area contributed by atoms with Crippen LogP contribution in [0.1, 0.15) is 37.1 Å². The van der Waals surface area contributed by atoms with Gasteiger partial charge in [-0.05, 0) is 44.7 Å². The Labute approximate surface area is 146 Å². The molecule has 0 aromatic carbocycles. The molecule has 4 rings (SSSR count). The number of rotatable bonds is 4. The lowest BCUT2D eigenvalue weighted by Gasteiger charge is -2.50. The Hall–Kier alpha value is -1.14. The Morgan fingerprint density at radius 3 is 2.92 bits per heavy atom. The molecule has 2 saturated heterocycles. The first-order chi connectivity index (χ1) is 11.5. The first kappa shape index (κ1) is 16.3. The van der Waals surface area contributed by atoms with Gasteiger partial charge in [-0.2, -0.15) is 0 Å². The Kier molecular flexibility index (Phi) is 4.07. The van der Waals surface area contributed by atoms with E-state index in [0.717, 1.165) is 30.0 Å². The summed E-state index contributed by atoms with van der Waals surface area (Å²) in [4.78, 5) is 18.4. The summed E-state index contributed by atoms with van der Waals surface area (Å²) in [5.74, 6) is 0.655. The number of aryl methyl sites for hydroxylation is 1. The number of hydrogen-bond acceptors (Lipinski definition) is 4. The van der Waals surface area contributed by atoms with E-state index in [2.05, 4.69) is 4.98 Å². The van der Waals surface area contributed by atoms with Crippen LogP contribution in [-0.4, -0.2) is 51.2 Å². The number of thioether (sulfide) groups is 1. The number of nitrogens with zero attached hydrogens (tertiary/aromatic N) is 2. The van der Waals surface area contributed by atoms with E-state index in [1.807, 2.05) is 36.9 Å². The van der Waals surface area contributed by atoms with Gasteiger partial charge in [0.1, 0.15) is 0 Å². The molecule has 1 aromatic rings. The highest BCUT2D eigenvalue weighted by Crippen LogP contribution is 2.48.